The van der Waals surface area contributed by atoms with Crippen LogP contribution >= 0.6 is 0 Å². The van der Waals surface area contributed by atoms with E-state index in [1.165, 1.54) is 0 Å². The molecule has 0 N–H and O–H groups in total. The van der Waals surface area contributed by atoms with Crippen molar-refractivity contribution in [3.63, 3.8) is 0 Å². The molecule has 0 aliphatic heterocycles. The van der Waals surface area contributed by atoms with E-state index >= 15 is 0 Å². The average Bonchev–Trinajstić information content (AvgIpc) is 3.29. The molecule has 7 heteroatoms. The van der Waals surface area contributed by atoms with Crippen molar-refractivity contribution in [2.45, 2.75) is 0 Å². The highest BCUT2D eigenvalue weighted by Gasteiger charge is 2.19. The molecule has 0 radical (unpaired) electrons. The van der Waals surface area contributed by atoms with Crippen LogP contribution in [0.15, 0.2) is 189 Å². The van der Waals surface area contributed by atoms with Crippen molar-refractivity contribution in [2.24, 2.45) is 0 Å². The highest BCUT2D eigenvalue weighted by molar-refractivity contribution is 6.11. The molecule has 262 valence electrons. The summed E-state index contributed by atoms with van der Waals surface area (Å²) >= 11 is 0. The number of hydrogen-bond acceptors (Lipinski definition) is 7. The Hall–Kier alpha value is -7.77. The van der Waals surface area contributed by atoms with E-state index in [1.807, 2.05) is 60.7 Å². The lowest BCUT2D eigenvalue weighted by atomic mass is 9.89. The van der Waals surface area contributed by atoms with Crippen LogP contribution in [-0.2, 0) is 0 Å². The Morgan fingerprint density at radius 3 is 1.23 bits per heavy atom. The monoisotopic (exact) mass is 717 g/mol. The smallest absolute Gasteiger partial charge is 0.165 e. The van der Waals surface area contributed by atoms with Gasteiger partial charge in [-0.05, 0) is 69.1 Å². The number of nitrogens with zero attached hydrogens (tertiary/aromatic N) is 7. The Balaban J connectivity index is 1.14. The van der Waals surface area contributed by atoms with Gasteiger partial charge in [-0.25, -0.2) is 24.9 Å². The largest absolute Gasteiger partial charge is 0.264 e. The lowest BCUT2D eigenvalue weighted by molar-refractivity contribution is 1.07. The van der Waals surface area contributed by atoms with Gasteiger partial charge in [-0.1, -0.05) is 127 Å². The Bertz CT molecular complexity index is 2690. The van der Waals surface area contributed by atoms with Gasteiger partial charge >= 0.3 is 0 Å². The van der Waals surface area contributed by atoms with Crippen LogP contribution in [0, 0.1) is 0 Å². The third kappa shape index (κ3) is 6.13. The summed E-state index contributed by atoms with van der Waals surface area (Å²) in [4.78, 5) is 33.7. The highest BCUT2D eigenvalue weighted by Crippen LogP contribution is 2.41. The van der Waals surface area contributed by atoms with Gasteiger partial charge in [0.2, 0.25) is 0 Å². The minimum atomic E-state index is 0.548. The van der Waals surface area contributed by atoms with Crippen LogP contribution in [0.1, 0.15) is 0 Å². The van der Waals surface area contributed by atoms with Crippen LogP contribution in [0.4, 0.5) is 0 Å². The first-order chi connectivity index (χ1) is 27.8. The fraction of sp³-hybridized carbons (Fsp3) is 0. The molecule has 0 fully saturated rings. The maximum absolute atomic E-state index is 5.17. The van der Waals surface area contributed by atoms with Crippen LogP contribution in [0.25, 0.3) is 101 Å². The highest BCUT2D eigenvalue weighted by atomic mass is 15.0. The van der Waals surface area contributed by atoms with E-state index in [1.54, 1.807) is 24.8 Å². The van der Waals surface area contributed by atoms with Gasteiger partial charge in [0.15, 0.2) is 23.3 Å². The molecule has 0 saturated heterocycles. The Morgan fingerprint density at radius 2 is 0.679 bits per heavy atom. The minimum absolute atomic E-state index is 0.548. The maximum Gasteiger partial charge on any atom is 0.165 e. The van der Waals surface area contributed by atoms with E-state index in [0.717, 1.165) is 77.4 Å². The van der Waals surface area contributed by atoms with Crippen molar-refractivity contribution in [2.75, 3.05) is 0 Å². The summed E-state index contributed by atoms with van der Waals surface area (Å²) in [6, 6.07) is 56.0. The summed E-state index contributed by atoms with van der Waals surface area (Å²) in [5, 5.41) is 4.36. The van der Waals surface area contributed by atoms with E-state index in [9.17, 15) is 0 Å². The summed E-state index contributed by atoms with van der Waals surface area (Å²) in [6.07, 6.45) is 7.03. The predicted octanol–water partition coefficient (Wildman–Crippen LogP) is 11.4. The Labute approximate surface area is 323 Å². The summed E-state index contributed by atoms with van der Waals surface area (Å²) < 4.78 is 0. The molecule has 10 rings (SSSR count). The first kappa shape index (κ1) is 32.8. The van der Waals surface area contributed by atoms with Gasteiger partial charge in [0.25, 0.3) is 0 Å². The molecule has 4 heterocycles. The number of aromatic nitrogens is 7. The molecule has 0 spiro atoms. The van der Waals surface area contributed by atoms with Gasteiger partial charge in [-0.15, -0.1) is 0 Å². The zero-order valence-corrected chi connectivity index (χ0v) is 30.0. The zero-order valence-electron chi connectivity index (χ0n) is 30.0. The number of rotatable bonds is 7. The first-order valence-electron chi connectivity index (χ1n) is 18.4. The molecule has 0 aliphatic rings. The lowest BCUT2D eigenvalue weighted by Gasteiger charge is -2.16. The maximum atomic E-state index is 5.17. The molecule has 0 saturated carbocycles. The molecule has 0 aliphatic carbocycles. The molecule has 0 atom stereocenters. The minimum Gasteiger partial charge on any atom is -0.264 e. The second kappa shape index (κ2) is 14.2. The van der Waals surface area contributed by atoms with Gasteiger partial charge in [0, 0.05) is 58.2 Å². The Morgan fingerprint density at radius 1 is 0.268 bits per heavy atom. The SMILES string of the molecule is c1ccc(-c2cc(-c3ccc(-c4ccc(-c5nc(-c6cccnc6)nc(-c6cccnc6)n5)c5ccccc45)c4ccccc34)nc(-c3ccccc3)n2)cc1. The standard InChI is InChI=1S/C49H31N7/c1-3-13-32(14-4-1)44-29-45(53-46(52-44)33-15-5-2-6-16-33)42-25-23-40(36-19-7-9-21-38(36)42)41-24-26-43(39-22-10-8-20-37(39)41)49-55-47(34-17-11-27-50-30-34)54-48(56-49)35-18-12-28-51-31-35/h1-31H. The van der Waals surface area contributed by atoms with Crippen LogP contribution in [0.3, 0.4) is 0 Å². The summed E-state index contributed by atoms with van der Waals surface area (Å²) in [5.41, 5.74) is 9.55. The third-order valence-corrected chi connectivity index (χ3v) is 9.96. The molecule has 7 nitrogen and oxygen atoms in total. The fourth-order valence-corrected chi connectivity index (χ4v) is 7.29. The molecule has 10 aromatic rings. The summed E-state index contributed by atoms with van der Waals surface area (Å²) in [6.45, 7) is 0. The van der Waals surface area contributed by atoms with E-state index in [4.69, 9.17) is 24.9 Å². The second-order valence-electron chi connectivity index (χ2n) is 13.4. The number of hydrogen-bond donors (Lipinski definition) is 0. The zero-order chi connectivity index (χ0) is 37.3. The number of pyridine rings is 2. The fourth-order valence-electron chi connectivity index (χ4n) is 7.29. The molecule has 4 aromatic heterocycles. The van der Waals surface area contributed by atoms with Crippen molar-refractivity contribution >= 4 is 21.5 Å². The molecule has 0 unspecified atom stereocenters. The second-order valence-corrected chi connectivity index (χ2v) is 13.4. The molecular formula is C49H31N7. The normalized spacial score (nSPS) is 11.2. The van der Waals surface area contributed by atoms with Crippen molar-refractivity contribution in [3.05, 3.63) is 189 Å². The first-order valence-corrected chi connectivity index (χ1v) is 18.4. The lowest BCUT2D eigenvalue weighted by Crippen LogP contribution is -2.01. The van der Waals surface area contributed by atoms with Gasteiger partial charge in [-0.2, -0.15) is 0 Å². The molecule has 0 bridgehead atoms. The van der Waals surface area contributed by atoms with Crippen LogP contribution in [0.5, 0.6) is 0 Å². The van der Waals surface area contributed by atoms with Crippen LogP contribution in [0.2, 0.25) is 0 Å². The average molecular weight is 718 g/mol. The topological polar surface area (TPSA) is 90.2 Å². The van der Waals surface area contributed by atoms with E-state index < -0.39 is 0 Å². The predicted molar refractivity (Wildman–Crippen MR) is 224 cm³/mol. The van der Waals surface area contributed by atoms with Crippen molar-refractivity contribution in [1.29, 1.82) is 0 Å². The van der Waals surface area contributed by atoms with Crippen LogP contribution < -0.4 is 0 Å². The van der Waals surface area contributed by atoms with E-state index in [2.05, 4.69) is 113 Å². The number of benzene rings is 6. The molecule has 0 amide bonds. The van der Waals surface area contributed by atoms with Gasteiger partial charge in [-0.3, -0.25) is 9.97 Å². The number of fused-ring (bicyclic) bond motifs is 2. The van der Waals surface area contributed by atoms with Crippen LogP contribution in [-0.4, -0.2) is 34.9 Å². The molecule has 6 aromatic carbocycles. The van der Waals surface area contributed by atoms with Crippen molar-refractivity contribution in [1.82, 2.24) is 34.9 Å². The quantitative estimate of drug-likeness (QED) is 0.162. The van der Waals surface area contributed by atoms with E-state index in [-0.39, 0.29) is 0 Å². The molecule has 56 heavy (non-hydrogen) atoms. The third-order valence-electron chi connectivity index (χ3n) is 9.96. The molecular weight excluding hydrogens is 687 g/mol. The Kier molecular flexibility index (Phi) is 8.35. The summed E-state index contributed by atoms with van der Waals surface area (Å²) in [7, 11) is 0. The summed E-state index contributed by atoms with van der Waals surface area (Å²) in [5.74, 6) is 2.36. The van der Waals surface area contributed by atoms with Crippen molar-refractivity contribution < 1.29 is 0 Å². The van der Waals surface area contributed by atoms with E-state index in [0.29, 0.717) is 23.3 Å². The van der Waals surface area contributed by atoms with Gasteiger partial charge in [0.1, 0.15) is 0 Å². The van der Waals surface area contributed by atoms with Crippen molar-refractivity contribution in [3.8, 4) is 79.2 Å². The van der Waals surface area contributed by atoms with Gasteiger partial charge < -0.3 is 0 Å². The van der Waals surface area contributed by atoms with Gasteiger partial charge in [0.05, 0.1) is 11.4 Å².